The number of hydrogen-bond donors (Lipinski definition) is 2. The van der Waals surface area contributed by atoms with Gasteiger partial charge in [0.1, 0.15) is 0 Å². The summed E-state index contributed by atoms with van der Waals surface area (Å²) < 4.78 is 1.62. The molecule has 8 heteroatoms. The number of nitrogen functional groups attached to an aromatic ring is 1. The van der Waals surface area contributed by atoms with Crippen molar-refractivity contribution in [1.29, 1.82) is 0 Å². The minimum Gasteiger partial charge on any atom is -0.397 e. The summed E-state index contributed by atoms with van der Waals surface area (Å²) in [6.07, 6.45) is 1.89. The minimum atomic E-state index is -0.227. The smallest absolute Gasteiger partial charge is 0.226 e. The average molecular weight is 348 g/mol. The normalized spacial score (nSPS) is 10.7. The summed E-state index contributed by atoms with van der Waals surface area (Å²) in [5.41, 5.74) is 7.19. The van der Waals surface area contributed by atoms with Crippen LogP contribution < -0.4 is 11.1 Å². The number of amides is 1. The maximum atomic E-state index is 11.9. The first-order valence-electron chi connectivity index (χ1n) is 6.10. The lowest BCUT2D eigenvalue weighted by atomic mass is 10.2. The molecular formula is C13H13Cl3N4O. The van der Waals surface area contributed by atoms with Gasteiger partial charge in [-0.05, 0) is 19.1 Å². The Bertz CT molecular complexity index is 642. The van der Waals surface area contributed by atoms with Crippen LogP contribution in [0.1, 0.15) is 12.1 Å². The van der Waals surface area contributed by atoms with E-state index in [-0.39, 0.29) is 12.3 Å². The molecule has 0 unspecified atom stereocenters. The van der Waals surface area contributed by atoms with Gasteiger partial charge in [0.15, 0.2) is 0 Å². The van der Waals surface area contributed by atoms with E-state index < -0.39 is 0 Å². The van der Waals surface area contributed by atoms with Crippen LogP contribution in [0.2, 0.25) is 15.1 Å². The van der Waals surface area contributed by atoms with E-state index >= 15 is 0 Å². The van der Waals surface area contributed by atoms with Gasteiger partial charge in [-0.25, -0.2) is 0 Å². The van der Waals surface area contributed by atoms with Gasteiger partial charge in [0.05, 0.1) is 27.1 Å². The van der Waals surface area contributed by atoms with E-state index in [9.17, 15) is 4.79 Å². The second-order valence-corrected chi connectivity index (χ2v) is 5.73. The molecule has 5 nitrogen and oxygen atoms in total. The molecule has 1 heterocycles. The van der Waals surface area contributed by atoms with Crippen molar-refractivity contribution in [3.8, 4) is 0 Å². The van der Waals surface area contributed by atoms with Crippen molar-refractivity contribution in [2.75, 3.05) is 11.1 Å². The Morgan fingerprint density at radius 3 is 2.62 bits per heavy atom. The Morgan fingerprint density at radius 1 is 1.33 bits per heavy atom. The van der Waals surface area contributed by atoms with E-state index in [0.29, 0.717) is 33.0 Å². The summed E-state index contributed by atoms with van der Waals surface area (Å²) in [5.74, 6) is -0.227. The number of nitrogens with zero attached hydrogens (tertiary/aromatic N) is 2. The Labute approximate surface area is 137 Å². The van der Waals surface area contributed by atoms with Crippen molar-refractivity contribution < 1.29 is 4.79 Å². The predicted molar refractivity (Wildman–Crippen MR) is 86.1 cm³/mol. The lowest BCUT2D eigenvalue weighted by Crippen LogP contribution is -2.16. The first-order valence-corrected chi connectivity index (χ1v) is 7.24. The van der Waals surface area contributed by atoms with Crippen molar-refractivity contribution in [2.24, 2.45) is 0 Å². The standard InChI is InChI=1S/C13H13Cl3N4O/c1-7-10(16)6-20(19-7)3-2-12(21)18-13-9(15)4-8(14)5-11(13)17/h4-6H,2-3,17H2,1H3,(H,18,21). The van der Waals surface area contributed by atoms with Gasteiger partial charge < -0.3 is 11.1 Å². The Morgan fingerprint density at radius 2 is 2.05 bits per heavy atom. The highest BCUT2D eigenvalue weighted by molar-refractivity contribution is 6.37. The molecule has 0 aliphatic carbocycles. The summed E-state index contributed by atoms with van der Waals surface area (Å²) in [4.78, 5) is 11.9. The summed E-state index contributed by atoms with van der Waals surface area (Å²) in [6, 6.07) is 3.05. The number of benzene rings is 1. The molecule has 0 fully saturated rings. The molecule has 0 spiro atoms. The molecule has 1 aromatic heterocycles. The van der Waals surface area contributed by atoms with Crippen LogP contribution in [0.4, 0.5) is 11.4 Å². The van der Waals surface area contributed by atoms with Crippen LogP contribution in [0.5, 0.6) is 0 Å². The van der Waals surface area contributed by atoms with Crippen molar-refractivity contribution in [1.82, 2.24) is 9.78 Å². The zero-order chi connectivity index (χ0) is 15.6. The van der Waals surface area contributed by atoms with E-state index in [2.05, 4.69) is 10.4 Å². The topological polar surface area (TPSA) is 72.9 Å². The number of hydrogen-bond acceptors (Lipinski definition) is 3. The third-order valence-corrected chi connectivity index (χ3v) is 3.69. The molecule has 1 amide bonds. The number of aromatic nitrogens is 2. The Balaban J connectivity index is 1.99. The number of carbonyl (C=O) groups excluding carboxylic acids is 1. The van der Waals surface area contributed by atoms with Crippen LogP contribution in [0.15, 0.2) is 18.3 Å². The van der Waals surface area contributed by atoms with E-state index in [1.54, 1.807) is 17.8 Å². The van der Waals surface area contributed by atoms with Crippen LogP contribution >= 0.6 is 34.8 Å². The van der Waals surface area contributed by atoms with Gasteiger partial charge in [0.2, 0.25) is 5.91 Å². The summed E-state index contributed by atoms with van der Waals surface area (Å²) in [6.45, 7) is 2.21. The highest BCUT2D eigenvalue weighted by atomic mass is 35.5. The van der Waals surface area contributed by atoms with Crippen molar-refractivity contribution in [2.45, 2.75) is 19.9 Å². The number of carbonyl (C=O) groups is 1. The molecule has 21 heavy (non-hydrogen) atoms. The average Bonchev–Trinajstić information content (AvgIpc) is 2.71. The third-order valence-electron chi connectivity index (χ3n) is 2.80. The maximum absolute atomic E-state index is 11.9. The third kappa shape index (κ3) is 4.03. The monoisotopic (exact) mass is 346 g/mol. The van der Waals surface area contributed by atoms with Gasteiger partial charge in [-0.1, -0.05) is 34.8 Å². The second kappa shape index (κ2) is 6.56. The molecule has 0 radical (unpaired) electrons. The molecule has 0 bridgehead atoms. The first-order chi connectivity index (χ1) is 9.86. The zero-order valence-electron chi connectivity index (χ0n) is 11.2. The highest BCUT2D eigenvalue weighted by Crippen LogP contribution is 2.32. The lowest BCUT2D eigenvalue weighted by molar-refractivity contribution is -0.116. The van der Waals surface area contributed by atoms with Gasteiger partial charge in [-0.2, -0.15) is 5.10 Å². The van der Waals surface area contributed by atoms with Crippen LogP contribution in [-0.4, -0.2) is 15.7 Å². The molecular weight excluding hydrogens is 335 g/mol. The van der Waals surface area contributed by atoms with E-state index in [1.165, 1.54) is 12.1 Å². The molecule has 112 valence electrons. The van der Waals surface area contributed by atoms with E-state index in [0.717, 1.165) is 5.69 Å². The molecule has 2 aromatic rings. The largest absolute Gasteiger partial charge is 0.397 e. The fraction of sp³-hybridized carbons (Fsp3) is 0.231. The van der Waals surface area contributed by atoms with Gasteiger partial charge in [-0.3, -0.25) is 9.48 Å². The molecule has 0 atom stereocenters. The van der Waals surface area contributed by atoms with Crippen LogP contribution in [0.25, 0.3) is 0 Å². The molecule has 0 saturated heterocycles. The molecule has 2 rings (SSSR count). The van der Waals surface area contributed by atoms with Gasteiger partial charge >= 0.3 is 0 Å². The first kappa shape index (κ1) is 15.9. The van der Waals surface area contributed by atoms with Gasteiger partial charge in [-0.15, -0.1) is 0 Å². The molecule has 0 aliphatic rings. The Hall–Kier alpha value is -1.43. The van der Waals surface area contributed by atoms with Crippen LogP contribution in [0, 0.1) is 6.92 Å². The predicted octanol–water partition coefficient (Wildman–Crippen LogP) is 3.76. The number of anilines is 2. The van der Waals surface area contributed by atoms with Crippen LogP contribution in [-0.2, 0) is 11.3 Å². The van der Waals surface area contributed by atoms with Crippen molar-refractivity contribution in [3.63, 3.8) is 0 Å². The summed E-state index contributed by atoms with van der Waals surface area (Å²) in [7, 11) is 0. The number of halogens is 3. The van der Waals surface area contributed by atoms with Crippen molar-refractivity contribution >= 4 is 52.1 Å². The fourth-order valence-corrected chi connectivity index (χ4v) is 2.46. The Kier molecular flexibility index (Phi) is 4.98. The second-order valence-electron chi connectivity index (χ2n) is 4.48. The highest BCUT2D eigenvalue weighted by Gasteiger charge is 2.11. The minimum absolute atomic E-state index is 0.218. The number of aryl methyl sites for hydroxylation is 2. The summed E-state index contributed by atoms with van der Waals surface area (Å²) >= 11 is 17.7. The van der Waals surface area contributed by atoms with E-state index in [1.807, 2.05) is 0 Å². The van der Waals surface area contributed by atoms with Gasteiger partial charge in [0.25, 0.3) is 0 Å². The SMILES string of the molecule is Cc1nn(CCC(=O)Nc2c(N)cc(Cl)cc2Cl)cc1Cl. The number of nitrogens with one attached hydrogen (secondary N) is 1. The molecule has 1 aromatic carbocycles. The summed E-state index contributed by atoms with van der Waals surface area (Å²) in [5, 5.41) is 8.12. The fourth-order valence-electron chi connectivity index (χ4n) is 1.75. The van der Waals surface area contributed by atoms with Crippen molar-refractivity contribution in [3.05, 3.63) is 39.1 Å². The lowest BCUT2D eigenvalue weighted by Gasteiger charge is -2.10. The molecule has 0 saturated carbocycles. The maximum Gasteiger partial charge on any atom is 0.226 e. The molecule has 3 N–H and O–H groups in total. The number of nitrogens with two attached hydrogens (primary N) is 1. The van der Waals surface area contributed by atoms with Crippen LogP contribution in [0.3, 0.4) is 0 Å². The molecule has 0 aliphatic heterocycles. The number of rotatable bonds is 4. The van der Waals surface area contributed by atoms with Gasteiger partial charge in [0, 0.05) is 24.2 Å². The van der Waals surface area contributed by atoms with E-state index in [4.69, 9.17) is 40.5 Å². The quantitative estimate of drug-likeness (QED) is 0.827. The zero-order valence-corrected chi connectivity index (χ0v) is 13.4.